The van der Waals surface area contributed by atoms with Crippen LogP contribution in [0.1, 0.15) is 33.6 Å². The van der Waals surface area contributed by atoms with Gasteiger partial charge in [-0.2, -0.15) is 0 Å². The van der Waals surface area contributed by atoms with Gasteiger partial charge in [0.25, 0.3) is 0 Å². The number of hydrogen-bond acceptors (Lipinski definition) is 3. The van der Waals surface area contributed by atoms with E-state index < -0.39 is 5.60 Å². The van der Waals surface area contributed by atoms with Gasteiger partial charge < -0.3 is 15.0 Å². The lowest BCUT2D eigenvalue weighted by molar-refractivity contribution is 0.0264. The third kappa shape index (κ3) is 4.84. The van der Waals surface area contributed by atoms with Crippen LogP contribution in [0, 0.1) is 5.92 Å². The summed E-state index contributed by atoms with van der Waals surface area (Å²) in [6, 6.07) is 0. The Labute approximate surface area is 98.3 Å². The molecular weight excluding hydrogens is 204 g/mol. The average Bonchev–Trinajstić information content (AvgIpc) is 2.16. The summed E-state index contributed by atoms with van der Waals surface area (Å²) in [4.78, 5) is 13.4. The number of nitrogens with one attached hydrogen (secondary N) is 1. The summed E-state index contributed by atoms with van der Waals surface area (Å²) in [5, 5.41) is 3.32. The number of piperidine rings is 1. The van der Waals surface area contributed by atoms with Crippen LogP contribution in [0.3, 0.4) is 0 Å². The van der Waals surface area contributed by atoms with E-state index in [1.807, 2.05) is 27.8 Å². The predicted molar refractivity (Wildman–Crippen MR) is 64.5 cm³/mol. The zero-order valence-corrected chi connectivity index (χ0v) is 10.9. The Morgan fingerprint density at radius 3 is 2.44 bits per heavy atom. The van der Waals surface area contributed by atoms with Crippen LogP contribution < -0.4 is 5.32 Å². The Kier molecular flexibility index (Phi) is 4.59. The van der Waals surface area contributed by atoms with E-state index in [-0.39, 0.29) is 6.09 Å². The van der Waals surface area contributed by atoms with E-state index in [1.165, 1.54) is 0 Å². The highest BCUT2D eigenvalue weighted by Crippen LogP contribution is 2.15. The van der Waals surface area contributed by atoms with Crippen LogP contribution in [0.2, 0.25) is 0 Å². The maximum atomic E-state index is 11.7. The van der Waals surface area contributed by atoms with Crippen molar-refractivity contribution in [3.63, 3.8) is 0 Å². The molecule has 1 amide bonds. The van der Waals surface area contributed by atoms with Gasteiger partial charge in [-0.3, -0.25) is 0 Å². The van der Waals surface area contributed by atoms with Crippen LogP contribution >= 0.6 is 0 Å². The Morgan fingerprint density at radius 1 is 1.38 bits per heavy atom. The van der Waals surface area contributed by atoms with Crippen LogP contribution in [0.5, 0.6) is 0 Å². The van der Waals surface area contributed by atoms with E-state index in [4.69, 9.17) is 4.74 Å². The van der Waals surface area contributed by atoms with Crippen molar-refractivity contribution in [2.75, 3.05) is 26.7 Å². The summed E-state index contributed by atoms with van der Waals surface area (Å²) < 4.78 is 5.31. The van der Waals surface area contributed by atoms with Crippen LogP contribution in [0.25, 0.3) is 0 Å². The topological polar surface area (TPSA) is 41.6 Å². The maximum absolute atomic E-state index is 11.7. The number of ether oxygens (including phenoxy) is 1. The predicted octanol–water partition coefficient (Wildman–Crippen LogP) is 1.85. The number of carbonyl (C=O) groups excluding carboxylic acids is 1. The van der Waals surface area contributed by atoms with E-state index in [0.29, 0.717) is 5.92 Å². The fourth-order valence-electron chi connectivity index (χ4n) is 1.87. The van der Waals surface area contributed by atoms with Gasteiger partial charge in [0.1, 0.15) is 5.60 Å². The van der Waals surface area contributed by atoms with Crippen LogP contribution in [-0.2, 0) is 4.74 Å². The second-order valence-corrected chi connectivity index (χ2v) is 5.55. The maximum Gasteiger partial charge on any atom is 0.410 e. The number of hydrogen-bond donors (Lipinski definition) is 1. The minimum absolute atomic E-state index is 0.217. The first-order valence-corrected chi connectivity index (χ1v) is 6.03. The first-order chi connectivity index (χ1) is 7.38. The number of carbonyl (C=O) groups is 1. The summed E-state index contributed by atoms with van der Waals surface area (Å²) in [5.74, 6) is 0.610. The molecular formula is C12H24N2O2. The lowest BCUT2D eigenvalue weighted by Crippen LogP contribution is -2.39. The Bertz CT molecular complexity index is 230. The molecule has 0 aromatic heterocycles. The molecule has 0 aromatic rings. The molecule has 16 heavy (non-hydrogen) atoms. The van der Waals surface area contributed by atoms with Crippen LogP contribution in [-0.4, -0.2) is 43.3 Å². The van der Waals surface area contributed by atoms with Crippen molar-refractivity contribution in [1.82, 2.24) is 10.2 Å². The first-order valence-electron chi connectivity index (χ1n) is 6.03. The molecule has 0 saturated carbocycles. The van der Waals surface area contributed by atoms with Crippen molar-refractivity contribution in [3.8, 4) is 0 Å². The highest BCUT2D eigenvalue weighted by Gasteiger charge is 2.22. The standard InChI is InChI=1S/C12H24N2O2/c1-12(2,3)16-11(15)14(4)9-10-5-7-13-8-6-10/h10,13H,5-9H2,1-4H3. The SMILES string of the molecule is CN(CC1CCNCC1)C(=O)OC(C)(C)C. The quantitative estimate of drug-likeness (QED) is 0.784. The molecule has 0 unspecified atom stereocenters. The summed E-state index contributed by atoms with van der Waals surface area (Å²) in [6.45, 7) is 8.60. The van der Waals surface area contributed by atoms with Gasteiger partial charge in [-0.05, 0) is 52.6 Å². The van der Waals surface area contributed by atoms with Crippen molar-refractivity contribution in [2.45, 2.75) is 39.2 Å². The van der Waals surface area contributed by atoms with E-state index >= 15 is 0 Å². The highest BCUT2D eigenvalue weighted by molar-refractivity contribution is 5.67. The van der Waals surface area contributed by atoms with Gasteiger partial charge in [0.2, 0.25) is 0 Å². The molecule has 4 nitrogen and oxygen atoms in total. The second-order valence-electron chi connectivity index (χ2n) is 5.55. The average molecular weight is 228 g/mol. The lowest BCUT2D eigenvalue weighted by Gasteiger charge is -2.29. The Hall–Kier alpha value is -0.770. The molecule has 1 saturated heterocycles. The molecule has 1 N–H and O–H groups in total. The summed E-state index contributed by atoms with van der Waals surface area (Å²) >= 11 is 0. The summed E-state index contributed by atoms with van der Waals surface area (Å²) in [5.41, 5.74) is -0.403. The monoisotopic (exact) mass is 228 g/mol. The van der Waals surface area contributed by atoms with Crippen molar-refractivity contribution in [3.05, 3.63) is 0 Å². The van der Waals surface area contributed by atoms with Gasteiger partial charge in [0, 0.05) is 13.6 Å². The molecule has 1 fully saturated rings. The smallest absolute Gasteiger partial charge is 0.410 e. The lowest BCUT2D eigenvalue weighted by atomic mass is 9.98. The zero-order valence-electron chi connectivity index (χ0n) is 10.9. The van der Waals surface area contributed by atoms with Crippen LogP contribution in [0.4, 0.5) is 4.79 Å². The number of rotatable bonds is 2. The van der Waals surface area contributed by atoms with Crippen molar-refractivity contribution in [2.24, 2.45) is 5.92 Å². The molecule has 4 heteroatoms. The van der Waals surface area contributed by atoms with Gasteiger partial charge in [0.05, 0.1) is 0 Å². The molecule has 0 aliphatic carbocycles. The Morgan fingerprint density at radius 2 is 1.94 bits per heavy atom. The zero-order chi connectivity index (χ0) is 12.2. The minimum atomic E-state index is -0.403. The van der Waals surface area contributed by atoms with Gasteiger partial charge in [-0.15, -0.1) is 0 Å². The third-order valence-corrected chi connectivity index (χ3v) is 2.70. The van der Waals surface area contributed by atoms with Crippen molar-refractivity contribution < 1.29 is 9.53 Å². The molecule has 1 heterocycles. The second kappa shape index (κ2) is 5.53. The van der Waals surface area contributed by atoms with E-state index in [0.717, 1.165) is 32.5 Å². The molecule has 0 aromatic carbocycles. The molecule has 0 atom stereocenters. The number of amides is 1. The van der Waals surface area contributed by atoms with Crippen LogP contribution in [0.15, 0.2) is 0 Å². The molecule has 94 valence electrons. The fourth-order valence-corrected chi connectivity index (χ4v) is 1.87. The van der Waals surface area contributed by atoms with Gasteiger partial charge >= 0.3 is 6.09 Å². The third-order valence-electron chi connectivity index (χ3n) is 2.70. The largest absolute Gasteiger partial charge is 0.444 e. The molecule has 1 aliphatic rings. The minimum Gasteiger partial charge on any atom is -0.444 e. The fraction of sp³-hybridized carbons (Fsp3) is 0.917. The normalized spacial score (nSPS) is 18.2. The summed E-state index contributed by atoms with van der Waals surface area (Å²) in [7, 11) is 1.82. The van der Waals surface area contributed by atoms with E-state index in [9.17, 15) is 4.79 Å². The summed E-state index contributed by atoms with van der Waals surface area (Å²) in [6.07, 6.45) is 2.08. The molecule has 0 bridgehead atoms. The number of nitrogens with zero attached hydrogens (tertiary/aromatic N) is 1. The highest BCUT2D eigenvalue weighted by atomic mass is 16.6. The van der Waals surface area contributed by atoms with E-state index in [2.05, 4.69) is 5.32 Å². The molecule has 0 spiro atoms. The molecule has 1 aliphatic heterocycles. The molecule has 0 radical (unpaired) electrons. The van der Waals surface area contributed by atoms with Gasteiger partial charge in [-0.1, -0.05) is 0 Å². The van der Waals surface area contributed by atoms with Gasteiger partial charge in [0.15, 0.2) is 0 Å². The van der Waals surface area contributed by atoms with Crippen molar-refractivity contribution in [1.29, 1.82) is 0 Å². The van der Waals surface area contributed by atoms with E-state index in [1.54, 1.807) is 4.90 Å². The first kappa shape index (κ1) is 13.3. The Balaban J connectivity index is 2.33. The molecule has 1 rings (SSSR count). The van der Waals surface area contributed by atoms with Gasteiger partial charge in [-0.25, -0.2) is 4.79 Å². The van der Waals surface area contributed by atoms with Crippen molar-refractivity contribution >= 4 is 6.09 Å².